The summed E-state index contributed by atoms with van der Waals surface area (Å²) in [7, 11) is 0. The van der Waals surface area contributed by atoms with Gasteiger partial charge in [-0.05, 0) is 19.3 Å². The van der Waals surface area contributed by atoms with Gasteiger partial charge in [-0.3, -0.25) is 4.79 Å². The number of hydrogen-bond acceptors (Lipinski definition) is 18. The molecule has 0 bridgehead atoms. The van der Waals surface area contributed by atoms with Crippen LogP contribution in [0, 0.1) is 0 Å². The van der Waals surface area contributed by atoms with Crippen molar-refractivity contribution < 1.29 is 89.4 Å². The minimum Gasteiger partial charge on any atom is -0.394 e. The highest BCUT2D eigenvalue weighted by atomic mass is 16.8. The molecule has 0 aromatic carbocycles. The Morgan fingerprint density at radius 1 is 0.449 bits per heavy atom. The largest absolute Gasteiger partial charge is 0.394 e. The van der Waals surface area contributed by atoms with Gasteiger partial charge in [0.05, 0.1) is 38.6 Å². The lowest BCUT2D eigenvalue weighted by atomic mass is 9.96. The van der Waals surface area contributed by atoms with E-state index in [2.05, 4.69) is 19.2 Å². The lowest BCUT2D eigenvalue weighted by molar-refractivity contribution is -0.379. The van der Waals surface area contributed by atoms with Gasteiger partial charge in [0.1, 0.15) is 73.2 Å². The summed E-state index contributed by atoms with van der Waals surface area (Å²) in [6.45, 7) is 1.66. The number of carbonyl (C=O) groups excluding carboxylic acids is 1. The van der Waals surface area contributed by atoms with Gasteiger partial charge in [-0.2, -0.15) is 0 Å². The first kappa shape index (κ1) is 70.8. The topological polar surface area (TPSA) is 307 Å². The van der Waals surface area contributed by atoms with E-state index in [1.165, 1.54) is 141 Å². The SMILES string of the molecule is CCCCCCC/C=C/C(O)C(COC1OC(CO)C(OC2OC(CO)C(OC3OC(CO)C(O)C(O)C3O)C(O)C2O)C(O)C1O)NC(=O)CCCCCCCCCCCCCCCCCCCCCCCCCCCC. The normalized spacial score (nSPS) is 30.5. The molecule has 17 unspecified atom stereocenters. The van der Waals surface area contributed by atoms with Crippen molar-refractivity contribution in [2.75, 3.05) is 26.4 Å². The lowest BCUT2D eigenvalue weighted by Gasteiger charge is -2.48. The molecule has 19 nitrogen and oxygen atoms in total. The second-order valence-electron chi connectivity index (χ2n) is 22.5. The zero-order chi connectivity index (χ0) is 56.9. The highest BCUT2D eigenvalue weighted by molar-refractivity contribution is 5.76. The molecule has 0 spiro atoms. The number of unbranched alkanes of at least 4 members (excludes halogenated alkanes) is 30. The zero-order valence-electron chi connectivity index (χ0n) is 47.9. The van der Waals surface area contributed by atoms with Crippen LogP contribution in [0.3, 0.4) is 0 Å². The zero-order valence-corrected chi connectivity index (χ0v) is 47.9. The maximum absolute atomic E-state index is 13.3. The molecule has 19 heteroatoms. The first-order chi connectivity index (χ1) is 37.8. The molecule has 460 valence electrons. The van der Waals surface area contributed by atoms with E-state index in [-0.39, 0.29) is 18.9 Å². The van der Waals surface area contributed by atoms with Gasteiger partial charge >= 0.3 is 0 Å². The van der Waals surface area contributed by atoms with Gasteiger partial charge in [0.25, 0.3) is 0 Å². The maximum atomic E-state index is 13.3. The number of aliphatic hydroxyl groups is 11. The van der Waals surface area contributed by atoms with Crippen LogP contribution in [0.2, 0.25) is 0 Å². The van der Waals surface area contributed by atoms with E-state index < -0.39 is 124 Å². The highest BCUT2D eigenvalue weighted by Crippen LogP contribution is 2.33. The number of allylic oxidation sites excluding steroid dienone is 1. The van der Waals surface area contributed by atoms with Gasteiger partial charge < -0.3 is 89.9 Å². The monoisotopic (exact) mass is 1120 g/mol. The maximum Gasteiger partial charge on any atom is 0.220 e. The Balaban J connectivity index is 1.37. The molecule has 0 saturated carbocycles. The van der Waals surface area contributed by atoms with Gasteiger partial charge in [0.15, 0.2) is 18.9 Å². The van der Waals surface area contributed by atoms with Gasteiger partial charge in [-0.15, -0.1) is 0 Å². The van der Waals surface area contributed by atoms with Crippen LogP contribution < -0.4 is 5.32 Å². The predicted molar refractivity (Wildman–Crippen MR) is 296 cm³/mol. The molecule has 3 aliphatic rings. The smallest absolute Gasteiger partial charge is 0.220 e. The number of rotatable bonds is 46. The van der Waals surface area contributed by atoms with E-state index in [0.29, 0.717) is 6.42 Å². The van der Waals surface area contributed by atoms with Crippen molar-refractivity contribution in [2.24, 2.45) is 0 Å². The fourth-order valence-corrected chi connectivity index (χ4v) is 10.7. The van der Waals surface area contributed by atoms with Crippen LogP contribution in [-0.4, -0.2) is 193 Å². The van der Waals surface area contributed by atoms with Gasteiger partial charge in [0, 0.05) is 6.42 Å². The number of hydrogen-bond donors (Lipinski definition) is 12. The molecule has 1 amide bonds. The highest BCUT2D eigenvalue weighted by Gasteiger charge is 2.53. The molecule has 3 heterocycles. The third-order valence-corrected chi connectivity index (χ3v) is 15.8. The predicted octanol–water partition coefficient (Wildman–Crippen LogP) is 5.77. The van der Waals surface area contributed by atoms with Crippen LogP contribution in [0.5, 0.6) is 0 Å². The number of amides is 1. The number of nitrogens with one attached hydrogen (secondary N) is 1. The molecule has 78 heavy (non-hydrogen) atoms. The summed E-state index contributed by atoms with van der Waals surface area (Å²) in [5.41, 5.74) is 0. The number of ether oxygens (including phenoxy) is 6. The third-order valence-electron chi connectivity index (χ3n) is 15.8. The van der Waals surface area contributed by atoms with Gasteiger partial charge in [0.2, 0.25) is 5.91 Å². The van der Waals surface area contributed by atoms with Crippen molar-refractivity contribution in [3.05, 3.63) is 12.2 Å². The Morgan fingerprint density at radius 2 is 0.795 bits per heavy atom. The second-order valence-corrected chi connectivity index (χ2v) is 22.5. The lowest BCUT2D eigenvalue weighted by Crippen LogP contribution is -2.66. The Labute approximate surface area is 467 Å². The molecule has 0 aromatic heterocycles. The van der Waals surface area contributed by atoms with Crippen molar-refractivity contribution >= 4 is 5.91 Å². The van der Waals surface area contributed by atoms with Crippen molar-refractivity contribution in [1.29, 1.82) is 0 Å². The Kier molecular flexibility index (Phi) is 39.2. The molecule has 3 aliphatic heterocycles. The Morgan fingerprint density at radius 3 is 1.21 bits per heavy atom. The van der Waals surface area contributed by atoms with Gasteiger partial charge in [-0.25, -0.2) is 0 Å². The van der Waals surface area contributed by atoms with E-state index in [9.17, 15) is 61.0 Å². The molecule has 3 saturated heterocycles. The molecule has 3 rings (SSSR count). The van der Waals surface area contributed by atoms with Crippen LogP contribution in [0.4, 0.5) is 0 Å². The van der Waals surface area contributed by atoms with E-state index in [1.54, 1.807) is 6.08 Å². The summed E-state index contributed by atoms with van der Waals surface area (Å²) in [5.74, 6) is -0.276. The molecule has 17 atom stereocenters. The average molecular weight is 1120 g/mol. The van der Waals surface area contributed by atoms with Crippen LogP contribution in [0.1, 0.15) is 226 Å². The summed E-state index contributed by atoms with van der Waals surface area (Å²) < 4.78 is 34.1. The average Bonchev–Trinajstić information content (AvgIpc) is 3.50. The summed E-state index contributed by atoms with van der Waals surface area (Å²) in [5, 5.41) is 120. The molecular weight excluding hydrogens is 1010 g/mol. The summed E-state index contributed by atoms with van der Waals surface area (Å²) >= 11 is 0. The van der Waals surface area contributed by atoms with Crippen LogP contribution in [-0.2, 0) is 33.2 Å². The van der Waals surface area contributed by atoms with E-state index in [0.717, 1.165) is 57.8 Å². The van der Waals surface area contributed by atoms with E-state index >= 15 is 0 Å². The van der Waals surface area contributed by atoms with Crippen LogP contribution in [0.25, 0.3) is 0 Å². The van der Waals surface area contributed by atoms with Crippen LogP contribution >= 0.6 is 0 Å². The fraction of sp³-hybridized carbons (Fsp3) is 0.949. The van der Waals surface area contributed by atoms with Gasteiger partial charge in [-0.1, -0.05) is 212 Å². The fourth-order valence-electron chi connectivity index (χ4n) is 10.7. The minimum atomic E-state index is -1.97. The van der Waals surface area contributed by atoms with E-state index in [4.69, 9.17) is 28.4 Å². The van der Waals surface area contributed by atoms with Crippen molar-refractivity contribution in [2.45, 2.75) is 330 Å². The third kappa shape index (κ3) is 26.8. The second kappa shape index (κ2) is 43.2. The summed E-state index contributed by atoms with van der Waals surface area (Å²) in [6, 6.07) is -0.965. The molecule has 0 aromatic rings. The minimum absolute atomic E-state index is 0.248. The molecular formula is C59H111NO18. The number of aliphatic hydroxyl groups excluding tert-OH is 11. The molecule has 0 aliphatic carbocycles. The van der Waals surface area contributed by atoms with Crippen molar-refractivity contribution in [3.63, 3.8) is 0 Å². The Bertz CT molecular complexity index is 1480. The summed E-state index contributed by atoms with van der Waals surface area (Å²) in [6.07, 6.45) is 16.9. The quantitative estimate of drug-likeness (QED) is 0.0254. The van der Waals surface area contributed by atoms with Crippen LogP contribution in [0.15, 0.2) is 12.2 Å². The number of carbonyl (C=O) groups is 1. The molecule has 3 fully saturated rings. The first-order valence-corrected chi connectivity index (χ1v) is 30.9. The summed E-state index contributed by atoms with van der Waals surface area (Å²) in [4.78, 5) is 13.3. The van der Waals surface area contributed by atoms with Crippen molar-refractivity contribution in [1.82, 2.24) is 5.32 Å². The molecule has 12 N–H and O–H groups in total. The standard InChI is InChI=1S/C59H111NO18/c1-3-5-7-9-11-12-13-14-15-16-17-18-19-20-21-22-23-24-25-26-27-28-29-31-33-35-37-47(65)60-42(43(64)36-34-32-30-10-8-6-4-2)41-73-57-53(71)50(68)55(45(39-62)75-57)78-59-54(72)51(69)56(46(40-63)76-59)77-58-52(70)49(67)48(66)44(38-61)74-58/h34,36,42-46,48-59,61-64,66-72H,3-33,35,37-41H2,1-2H3,(H,60,65)/b36-34+. The van der Waals surface area contributed by atoms with Crippen molar-refractivity contribution in [3.8, 4) is 0 Å². The van der Waals surface area contributed by atoms with E-state index in [1.807, 2.05) is 6.08 Å². The molecule has 0 radical (unpaired) electrons. The first-order valence-electron chi connectivity index (χ1n) is 30.9. The Hall–Kier alpha value is -1.47.